The largest absolute Gasteiger partial charge is 0.494 e. The zero-order chi connectivity index (χ0) is 25.5. The maximum Gasteiger partial charge on any atom is 0.162 e. The fraction of sp³-hybridized carbons (Fsp3) is 0.194. The first-order chi connectivity index (χ1) is 18.1. The van der Waals surface area contributed by atoms with Gasteiger partial charge in [0.15, 0.2) is 11.6 Å². The Bertz CT molecular complexity index is 1540. The van der Waals surface area contributed by atoms with Crippen LogP contribution in [-0.4, -0.2) is 18.2 Å². The summed E-state index contributed by atoms with van der Waals surface area (Å²) in [6.45, 7) is 2.40. The number of nitrogens with zero attached hydrogens (tertiary/aromatic N) is 3. The minimum Gasteiger partial charge on any atom is -0.494 e. The van der Waals surface area contributed by atoms with Gasteiger partial charge in [-0.05, 0) is 43.0 Å². The molecular formula is C31H26N4O2. The van der Waals surface area contributed by atoms with Crippen LogP contribution in [0.4, 0.5) is 5.69 Å². The van der Waals surface area contributed by atoms with Gasteiger partial charge < -0.3 is 10.5 Å². The molecule has 182 valence electrons. The number of hydrogen-bond donors (Lipinski definition) is 1. The normalized spacial score (nSPS) is 20.5. The molecule has 0 bridgehead atoms. The summed E-state index contributed by atoms with van der Waals surface area (Å²) in [5.41, 5.74) is 11.9. The van der Waals surface area contributed by atoms with Gasteiger partial charge in [-0.2, -0.15) is 5.26 Å². The van der Waals surface area contributed by atoms with Gasteiger partial charge in [0.05, 0.1) is 29.9 Å². The number of carbonyl (C=O) groups excluding carboxylic acids is 1. The van der Waals surface area contributed by atoms with E-state index in [9.17, 15) is 10.1 Å². The minimum absolute atomic E-state index is 0.0236. The number of carbonyl (C=O) groups is 1. The summed E-state index contributed by atoms with van der Waals surface area (Å²) in [6, 6.07) is 27.9. The van der Waals surface area contributed by atoms with Crippen molar-refractivity contribution < 1.29 is 9.53 Å². The molecule has 6 rings (SSSR count). The van der Waals surface area contributed by atoms with Gasteiger partial charge in [-0.3, -0.25) is 9.69 Å². The number of allylic oxidation sites excluding steroid dienone is 3. The van der Waals surface area contributed by atoms with Gasteiger partial charge in [-0.25, -0.2) is 4.99 Å². The molecule has 2 heterocycles. The Morgan fingerprint density at radius 3 is 2.54 bits per heavy atom. The highest BCUT2D eigenvalue weighted by Crippen LogP contribution is 2.52. The minimum atomic E-state index is -0.583. The molecule has 0 amide bonds. The Morgan fingerprint density at radius 1 is 1.03 bits per heavy atom. The van der Waals surface area contributed by atoms with Crippen LogP contribution in [0.2, 0.25) is 0 Å². The topological polar surface area (TPSA) is 91.7 Å². The Kier molecular flexibility index (Phi) is 5.61. The van der Waals surface area contributed by atoms with Gasteiger partial charge in [0.2, 0.25) is 0 Å². The number of ether oxygens (including phenoxy) is 1. The lowest BCUT2D eigenvalue weighted by molar-refractivity contribution is -0.116. The molecule has 6 nitrogen and oxygen atoms in total. The average Bonchev–Trinajstić information content (AvgIpc) is 2.93. The van der Waals surface area contributed by atoms with Crippen molar-refractivity contribution in [1.82, 2.24) is 0 Å². The van der Waals surface area contributed by atoms with E-state index >= 15 is 0 Å². The highest BCUT2D eigenvalue weighted by molar-refractivity contribution is 6.08. The molecule has 0 saturated heterocycles. The number of para-hydroxylation sites is 2. The fourth-order valence-corrected chi connectivity index (χ4v) is 5.79. The number of rotatable bonds is 4. The summed E-state index contributed by atoms with van der Waals surface area (Å²) < 4.78 is 5.96. The van der Waals surface area contributed by atoms with E-state index in [0.717, 1.165) is 28.1 Å². The molecule has 37 heavy (non-hydrogen) atoms. The lowest BCUT2D eigenvalue weighted by Gasteiger charge is -2.43. The Labute approximate surface area is 216 Å². The molecule has 2 atom stereocenters. The number of aliphatic imine (C=N–C) groups is 1. The molecule has 0 saturated carbocycles. The van der Waals surface area contributed by atoms with Crippen molar-refractivity contribution in [1.29, 1.82) is 5.26 Å². The van der Waals surface area contributed by atoms with E-state index < -0.39 is 5.92 Å². The first-order valence-electron chi connectivity index (χ1n) is 12.5. The second-order valence-electron chi connectivity index (χ2n) is 9.40. The van der Waals surface area contributed by atoms with Crippen LogP contribution in [0.1, 0.15) is 48.3 Å². The summed E-state index contributed by atoms with van der Waals surface area (Å²) in [7, 11) is 0. The SMILES string of the molecule is CCOc1ccccc1[C@H]1C(C#N)=C2N=C(N)c3ccccc3N2C2=C1C(=O)C[C@@H](c1ccccc1)C2. The fourth-order valence-electron chi connectivity index (χ4n) is 5.79. The summed E-state index contributed by atoms with van der Waals surface area (Å²) in [6.07, 6.45) is 1.02. The lowest BCUT2D eigenvalue weighted by Crippen LogP contribution is -2.40. The van der Waals surface area contributed by atoms with E-state index in [-0.39, 0.29) is 11.7 Å². The maximum atomic E-state index is 14.1. The van der Waals surface area contributed by atoms with Gasteiger partial charge in [-0.15, -0.1) is 0 Å². The number of nitrogens with two attached hydrogens (primary N) is 1. The molecule has 0 aromatic heterocycles. The van der Waals surface area contributed by atoms with E-state index in [1.54, 1.807) is 0 Å². The standard InChI is InChI=1S/C31H26N4O2/c1-2-37-27-15-9-7-13-22(27)28-23(18-32)31-34-30(33)21-12-6-8-14-24(21)35(31)25-16-20(17-26(36)29(25)28)19-10-4-3-5-11-19/h3-15,20,28H,2,16-17H2,1H3,(H2,33,34)/t20-,28-/m0/s1. The van der Waals surface area contributed by atoms with Crippen LogP contribution in [0.15, 0.2) is 107 Å². The van der Waals surface area contributed by atoms with Crippen molar-refractivity contribution >= 4 is 17.3 Å². The van der Waals surface area contributed by atoms with Gasteiger partial charge in [0.1, 0.15) is 11.6 Å². The highest BCUT2D eigenvalue weighted by atomic mass is 16.5. The molecular weight excluding hydrogens is 460 g/mol. The molecule has 3 aromatic carbocycles. The van der Waals surface area contributed by atoms with Gasteiger partial charge in [-0.1, -0.05) is 60.7 Å². The first kappa shape index (κ1) is 22.8. The van der Waals surface area contributed by atoms with Crippen LogP contribution in [0.5, 0.6) is 5.75 Å². The first-order valence-corrected chi connectivity index (χ1v) is 12.5. The smallest absolute Gasteiger partial charge is 0.162 e. The van der Waals surface area contributed by atoms with Crippen LogP contribution in [0, 0.1) is 11.3 Å². The third-order valence-electron chi connectivity index (χ3n) is 7.35. The Hall–Kier alpha value is -4.63. The van der Waals surface area contributed by atoms with Gasteiger partial charge in [0, 0.05) is 28.8 Å². The predicted octanol–water partition coefficient (Wildman–Crippen LogP) is 5.54. The number of Topliss-reactive ketones (excluding diaryl/α,β-unsaturated/α-hetero) is 1. The summed E-state index contributed by atoms with van der Waals surface area (Å²) in [4.78, 5) is 20.8. The van der Waals surface area contributed by atoms with E-state index in [1.165, 1.54) is 0 Å². The third-order valence-corrected chi connectivity index (χ3v) is 7.35. The molecule has 0 fully saturated rings. The van der Waals surface area contributed by atoms with Crippen molar-refractivity contribution in [3.63, 3.8) is 0 Å². The zero-order valence-corrected chi connectivity index (χ0v) is 20.5. The Balaban J connectivity index is 1.63. The molecule has 2 aliphatic heterocycles. The van der Waals surface area contributed by atoms with Crippen LogP contribution in [0.3, 0.4) is 0 Å². The summed E-state index contributed by atoms with van der Waals surface area (Å²) in [5.74, 6) is 0.982. The summed E-state index contributed by atoms with van der Waals surface area (Å²) in [5, 5.41) is 10.5. The van der Waals surface area contributed by atoms with Crippen molar-refractivity contribution in [2.24, 2.45) is 10.7 Å². The van der Waals surface area contributed by atoms with Crippen molar-refractivity contribution in [2.45, 2.75) is 31.6 Å². The predicted molar refractivity (Wildman–Crippen MR) is 143 cm³/mol. The number of benzene rings is 3. The molecule has 0 unspecified atom stereocenters. The van der Waals surface area contributed by atoms with E-state index in [4.69, 9.17) is 15.5 Å². The molecule has 6 heteroatoms. The molecule has 0 radical (unpaired) electrons. The third kappa shape index (κ3) is 3.63. The number of anilines is 1. The van der Waals surface area contributed by atoms with Crippen LogP contribution < -0.4 is 15.4 Å². The second kappa shape index (κ2) is 9.11. The van der Waals surface area contributed by atoms with Crippen molar-refractivity contribution in [2.75, 3.05) is 11.5 Å². The van der Waals surface area contributed by atoms with Crippen LogP contribution in [-0.2, 0) is 4.79 Å². The number of amidine groups is 1. The number of hydrogen-bond acceptors (Lipinski definition) is 6. The maximum absolute atomic E-state index is 14.1. The second-order valence-corrected chi connectivity index (χ2v) is 9.40. The van der Waals surface area contributed by atoms with Crippen LogP contribution >= 0.6 is 0 Å². The zero-order valence-electron chi connectivity index (χ0n) is 20.5. The average molecular weight is 487 g/mol. The summed E-state index contributed by atoms with van der Waals surface area (Å²) >= 11 is 0. The molecule has 3 aromatic rings. The highest BCUT2D eigenvalue weighted by Gasteiger charge is 2.45. The van der Waals surface area contributed by atoms with Crippen molar-refractivity contribution in [3.05, 3.63) is 118 Å². The molecule has 2 N–H and O–H groups in total. The number of fused-ring (bicyclic) bond motifs is 4. The van der Waals surface area contributed by atoms with E-state index in [0.29, 0.717) is 48.0 Å². The van der Waals surface area contributed by atoms with Crippen molar-refractivity contribution in [3.8, 4) is 11.8 Å². The number of ketones is 1. The molecule has 3 aliphatic rings. The van der Waals surface area contributed by atoms with E-state index in [2.05, 4.69) is 18.2 Å². The van der Waals surface area contributed by atoms with E-state index in [1.807, 2.05) is 78.6 Å². The lowest BCUT2D eigenvalue weighted by atomic mass is 9.71. The monoisotopic (exact) mass is 486 g/mol. The quantitative estimate of drug-likeness (QED) is 0.522. The molecule has 1 aliphatic carbocycles. The molecule has 0 spiro atoms. The Morgan fingerprint density at radius 2 is 1.76 bits per heavy atom. The van der Waals surface area contributed by atoms with Gasteiger partial charge in [0.25, 0.3) is 0 Å². The van der Waals surface area contributed by atoms with Gasteiger partial charge >= 0.3 is 0 Å². The number of nitriles is 1. The van der Waals surface area contributed by atoms with Crippen LogP contribution in [0.25, 0.3) is 0 Å².